The molecule has 4 rings (SSSR count). The van der Waals surface area contributed by atoms with Gasteiger partial charge in [0.1, 0.15) is 5.75 Å². The fraction of sp³-hybridized carbons (Fsp3) is 0.481. The van der Waals surface area contributed by atoms with E-state index >= 15 is 0 Å². The Balaban J connectivity index is 1.44. The van der Waals surface area contributed by atoms with Crippen molar-refractivity contribution in [2.45, 2.75) is 44.9 Å². The number of aryl methyl sites for hydroxylation is 1. The van der Waals surface area contributed by atoms with E-state index in [1.807, 2.05) is 48.3 Å². The fourth-order valence-electron chi connectivity index (χ4n) is 4.92. The van der Waals surface area contributed by atoms with Crippen molar-refractivity contribution in [3.8, 4) is 5.75 Å². The number of hydrogen-bond donors (Lipinski definition) is 1. The van der Waals surface area contributed by atoms with E-state index in [0.717, 1.165) is 48.5 Å². The lowest BCUT2D eigenvalue weighted by Crippen LogP contribution is -2.46. The number of likely N-dealkylation sites (N-methyl/N-ethyl adjacent to an activating group) is 1. The summed E-state index contributed by atoms with van der Waals surface area (Å²) in [6, 6.07) is 16.1. The van der Waals surface area contributed by atoms with Gasteiger partial charge in [-0.25, -0.2) is 4.79 Å². The molecule has 0 unspecified atom stereocenters. The van der Waals surface area contributed by atoms with Crippen molar-refractivity contribution in [3.63, 3.8) is 0 Å². The molecule has 1 N–H and O–H groups in total. The number of benzene rings is 2. The molecule has 0 saturated carbocycles. The van der Waals surface area contributed by atoms with Crippen molar-refractivity contribution < 1.29 is 19.1 Å². The van der Waals surface area contributed by atoms with Crippen LogP contribution in [0.2, 0.25) is 0 Å². The zero-order valence-corrected chi connectivity index (χ0v) is 20.3. The smallest absolute Gasteiger partial charge is 0.407 e. The molecule has 7 nitrogen and oxygen atoms in total. The number of alkyl carbamates (subject to hydrolysis) is 1. The molecule has 0 bridgehead atoms. The predicted octanol–water partition coefficient (Wildman–Crippen LogP) is 3.78. The maximum absolute atomic E-state index is 13.6. The molecule has 2 aliphatic heterocycles. The number of amides is 2. The lowest BCUT2D eigenvalue weighted by Gasteiger charge is -2.35. The molecule has 1 fully saturated rings. The van der Waals surface area contributed by atoms with Gasteiger partial charge in [-0.05, 0) is 54.5 Å². The molecule has 2 aromatic rings. The Morgan fingerprint density at radius 2 is 2.00 bits per heavy atom. The van der Waals surface area contributed by atoms with E-state index in [-0.39, 0.29) is 11.9 Å². The van der Waals surface area contributed by atoms with Crippen LogP contribution in [0.25, 0.3) is 0 Å². The van der Waals surface area contributed by atoms with Gasteiger partial charge in [-0.15, -0.1) is 0 Å². The van der Waals surface area contributed by atoms with Crippen molar-refractivity contribution in [2.75, 3.05) is 33.8 Å². The molecule has 0 radical (unpaired) electrons. The van der Waals surface area contributed by atoms with E-state index in [1.165, 1.54) is 13.5 Å². The Bertz CT molecular complexity index is 997. The van der Waals surface area contributed by atoms with E-state index in [1.54, 1.807) is 0 Å². The van der Waals surface area contributed by atoms with Crippen molar-refractivity contribution in [1.82, 2.24) is 15.1 Å². The van der Waals surface area contributed by atoms with Crippen LogP contribution in [0, 0.1) is 5.92 Å². The molecule has 34 heavy (non-hydrogen) atoms. The number of ether oxygens (including phenoxy) is 2. The first kappa shape index (κ1) is 24.1. The van der Waals surface area contributed by atoms with E-state index in [4.69, 9.17) is 4.74 Å². The number of fused-ring (bicyclic) bond motifs is 1. The molecule has 1 saturated heterocycles. The van der Waals surface area contributed by atoms with Crippen LogP contribution in [0.4, 0.5) is 4.79 Å². The lowest BCUT2D eigenvalue weighted by molar-refractivity contribution is -0.140. The summed E-state index contributed by atoms with van der Waals surface area (Å²) in [5.74, 6) is 1.45. The van der Waals surface area contributed by atoms with E-state index < -0.39 is 12.2 Å². The number of carbonyl (C=O) groups excluding carboxylic acids is 2. The second-order valence-electron chi connectivity index (χ2n) is 9.46. The monoisotopic (exact) mass is 465 g/mol. The van der Waals surface area contributed by atoms with Gasteiger partial charge < -0.3 is 24.6 Å². The molecular formula is C27H35N3O4. The highest BCUT2D eigenvalue weighted by Gasteiger charge is 2.33. The van der Waals surface area contributed by atoms with Gasteiger partial charge in [-0.1, -0.05) is 49.4 Å². The molecule has 3 atom stereocenters. The summed E-state index contributed by atoms with van der Waals surface area (Å²) >= 11 is 0. The average Bonchev–Trinajstić information content (AvgIpc) is 3.29. The minimum Gasteiger partial charge on any atom is -0.480 e. The predicted molar refractivity (Wildman–Crippen MR) is 131 cm³/mol. The maximum atomic E-state index is 13.6. The van der Waals surface area contributed by atoms with Crippen LogP contribution in [-0.4, -0.2) is 61.7 Å². The zero-order valence-electron chi connectivity index (χ0n) is 20.3. The third kappa shape index (κ3) is 5.70. The number of nitrogens with one attached hydrogen (secondary N) is 1. The zero-order chi connectivity index (χ0) is 24.1. The molecule has 2 aliphatic rings. The first-order valence-electron chi connectivity index (χ1n) is 12.1. The summed E-state index contributed by atoms with van der Waals surface area (Å²) < 4.78 is 10.8. The molecule has 2 heterocycles. The van der Waals surface area contributed by atoms with Gasteiger partial charge in [-0.3, -0.25) is 4.79 Å². The second-order valence-corrected chi connectivity index (χ2v) is 9.46. The Kier molecular flexibility index (Phi) is 7.73. The molecule has 2 aromatic carbocycles. The summed E-state index contributed by atoms with van der Waals surface area (Å²) in [5, 5.41) is 2.69. The highest BCUT2D eigenvalue weighted by atomic mass is 16.5. The Morgan fingerprint density at radius 3 is 2.71 bits per heavy atom. The topological polar surface area (TPSA) is 71.1 Å². The van der Waals surface area contributed by atoms with Crippen LogP contribution in [0.3, 0.4) is 0 Å². The Hall–Kier alpha value is -3.06. The largest absolute Gasteiger partial charge is 0.480 e. The van der Waals surface area contributed by atoms with Crippen LogP contribution >= 0.6 is 0 Å². The van der Waals surface area contributed by atoms with Crippen LogP contribution in [0.1, 0.15) is 42.5 Å². The van der Waals surface area contributed by atoms with Gasteiger partial charge in [0.25, 0.3) is 5.91 Å². The van der Waals surface area contributed by atoms with Crippen LogP contribution in [0.5, 0.6) is 5.75 Å². The number of rotatable bonds is 7. The number of nitrogens with zero attached hydrogens (tertiary/aromatic N) is 2. The number of carbonyl (C=O) groups is 2. The minimum atomic E-state index is -0.500. The van der Waals surface area contributed by atoms with Crippen LogP contribution in [0.15, 0.2) is 48.5 Å². The molecule has 7 heteroatoms. The summed E-state index contributed by atoms with van der Waals surface area (Å²) in [4.78, 5) is 29.2. The second kappa shape index (κ2) is 10.9. The Morgan fingerprint density at radius 1 is 1.21 bits per heavy atom. The third-order valence-corrected chi connectivity index (χ3v) is 6.91. The molecule has 0 aromatic heterocycles. The molecule has 2 amide bonds. The fourth-order valence-corrected chi connectivity index (χ4v) is 4.92. The van der Waals surface area contributed by atoms with Gasteiger partial charge in [0.2, 0.25) is 0 Å². The normalized spacial score (nSPS) is 20.7. The number of hydrogen-bond acceptors (Lipinski definition) is 5. The standard InChI is InChI=1S/C27H35N3O4/c1-19-13-14-30(17-19)18-23(21-7-5-4-6-8-21)29(2)26(31)25-12-10-22-15-20(9-11-24(22)34-25)16-28-27(32)33-3/h4-9,11,15,19,23,25H,10,12-14,16-18H2,1-3H3,(H,28,32)/t19-,23+,25+/m0/s1. The van der Waals surface area contributed by atoms with Gasteiger partial charge in [0, 0.05) is 26.7 Å². The highest BCUT2D eigenvalue weighted by molar-refractivity contribution is 5.82. The molecule has 0 aliphatic carbocycles. The SMILES string of the molecule is COC(=O)NCc1ccc2c(c1)CC[C@H](C(=O)N(C)[C@H](CN1CC[C@H](C)C1)c1ccccc1)O2. The summed E-state index contributed by atoms with van der Waals surface area (Å²) in [6.07, 6.45) is 1.63. The summed E-state index contributed by atoms with van der Waals surface area (Å²) in [6.45, 7) is 5.66. The van der Waals surface area contributed by atoms with Gasteiger partial charge in [0.15, 0.2) is 6.10 Å². The van der Waals surface area contributed by atoms with E-state index in [0.29, 0.717) is 18.9 Å². The number of methoxy groups -OCH3 is 1. The summed E-state index contributed by atoms with van der Waals surface area (Å²) in [7, 11) is 3.25. The highest BCUT2D eigenvalue weighted by Crippen LogP contribution is 2.31. The molecule has 0 spiro atoms. The van der Waals surface area contributed by atoms with Crippen molar-refractivity contribution >= 4 is 12.0 Å². The molecular weight excluding hydrogens is 430 g/mol. The first-order chi connectivity index (χ1) is 16.4. The number of likely N-dealkylation sites (tertiary alicyclic amines) is 1. The van der Waals surface area contributed by atoms with E-state index in [9.17, 15) is 9.59 Å². The van der Waals surface area contributed by atoms with E-state index in [2.05, 4.69) is 34.0 Å². The first-order valence-corrected chi connectivity index (χ1v) is 12.1. The van der Waals surface area contributed by atoms with Crippen molar-refractivity contribution in [3.05, 3.63) is 65.2 Å². The van der Waals surface area contributed by atoms with Crippen molar-refractivity contribution in [2.24, 2.45) is 5.92 Å². The molecule has 182 valence electrons. The lowest BCUT2D eigenvalue weighted by atomic mass is 9.98. The maximum Gasteiger partial charge on any atom is 0.407 e. The third-order valence-electron chi connectivity index (χ3n) is 6.91. The minimum absolute atomic E-state index is 0.0168. The Labute approximate surface area is 202 Å². The average molecular weight is 466 g/mol. The van der Waals surface area contributed by atoms with Crippen LogP contribution < -0.4 is 10.1 Å². The van der Waals surface area contributed by atoms with Crippen LogP contribution in [-0.2, 0) is 22.5 Å². The van der Waals surface area contributed by atoms with Gasteiger partial charge >= 0.3 is 6.09 Å². The van der Waals surface area contributed by atoms with Crippen molar-refractivity contribution in [1.29, 1.82) is 0 Å². The van der Waals surface area contributed by atoms with Gasteiger partial charge in [-0.2, -0.15) is 0 Å². The van der Waals surface area contributed by atoms with Gasteiger partial charge in [0.05, 0.1) is 13.2 Å². The summed E-state index contributed by atoms with van der Waals surface area (Å²) in [5.41, 5.74) is 3.18. The quantitative estimate of drug-likeness (QED) is 0.674.